The van der Waals surface area contributed by atoms with Crippen LogP contribution in [0.15, 0.2) is 77.7 Å². The molecule has 6 nitrogen and oxygen atoms in total. The van der Waals surface area contributed by atoms with Crippen LogP contribution in [0, 0.1) is 6.07 Å². The van der Waals surface area contributed by atoms with Gasteiger partial charge in [-0.25, -0.2) is 0 Å². The van der Waals surface area contributed by atoms with E-state index in [0.29, 0.717) is 0 Å². The predicted octanol–water partition coefficient (Wildman–Crippen LogP) is 4.85. The number of nitrogens with zero attached hydrogens (tertiary/aromatic N) is 2. The van der Waals surface area contributed by atoms with Crippen LogP contribution in [-0.2, 0) is 15.5 Å². The number of benzene rings is 3. The lowest BCUT2D eigenvalue weighted by Gasteiger charge is -2.29. The zero-order valence-corrected chi connectivity index (χ0v) is 19.0. The summed E-state index contributed by atoms with van der Waals surface area (Å²) in [6.45, 7) is 4.24. The summed E-state index contributed by atoms with van der Waals surface area (Å²) in [5, 5.41) is 0. The van der Waals surface area contributed by atoms with Crippen LogP contribution >= 0.6 is 0 Å². The molecule has 0 amide bonds. The van der Waals surface area contributed by atoms with Gasteiger partial charge in [0.2, 0.25) is 0 Å². The van der Waals surface area contributed by atoms with Crippen LogP contribution in [-0.4, -0.2) is 24.7 Å². The molecule has 0 aliphatic heterocycles. The molecule has 7 heteroatoms. The second-order valence-electron chi connectivity index (χ2n) is 7.90. The maximum absolute atomic E-state index is 13.0. The Morgan fingerprint density at radius 1 is 1.00 bits per heavy atom. The van der Waals surface area contributed by atoms with Gasteiger partial charge in [0.15, 0.2) is 0 Å². The molecule has 0 saturated carbocycles. The molecule has 1 unspecified atom stereocenters. The molecule has 0 N–H and O–H groups in total. The summed E-state index contributed by atoms with van der Waals surface area (Å²) < 4.78 is 31.5. The Morgan fingerprint density at radius 3 is 2.30 bits per heavy atom. The van der Waals surface area contributed by atoms with Crippen LogP contribution in [0.2, 0.25) is 0 Å². The second kappa shape index (κ2) is 8.62. The summed E-state index contributed by atoms with van der Waals surface area (Å²) in [4.78, 5) is 15.2. The highest BCUT2D eigenvalue weighted by atomic mass is 32.2. The van der Waals surface area contributed by atoms with E-state index >= 15 is 0 Å². The summed E-state index contributed by atoms with van der Waals surface area (Å²) in [5.74, 6) is -0.395. The average Bonchev–Trinajstić information content (AvgIpc) is 2.84. The van der Waals surface area contributed by atoms with Crippen LogP contribution in [0.25, 0.3) is 11.6 Å². The van der Waals surface area contributed by atoms with Gasteiger partial charge in [0, 0.05) is 22.6 Å². The molecule has 0 aromatic heterocycles. The summed E-state index contributed by atoms with van der Waals surface area (Å²) >= 11 is 0. The van der Waals surface area contributed by atoms with E-state index in [1.54, 1.807) is 12.1 Å². The lowest BCUT2D eigenvalue weighted by atomic mass is 9.74. The van der Waals surface area contributed by atoms with Crippen molar-refractivity contribution in [2.24, 2.45) is 0 Å². The van der Waals surface area contributed by atoms with Crippen molar-refractivity contribution in [3.8, 4) is 5.75 Å². The monoisotopic (exact) mass is 457 g/mol. The van der Waals surface area contributed by atoms with Gasteiger partial charge in [-0.3, -0.25) is 4.79 Å². The minimum absolute atomic E-state index is 0.129. The fourth-order valence-electron chi connectivity index (χ4n) is 3.97. The van der Waals surface area contributed by atoms with Crippen LogP contribution in [0.5, 0.6) is 5.75 Å². The van der Waals surface area contributed by atoms with E-state index in [4.69, 9.17) is 9.71 Å². The predicted molar refractivity (Wildman–Crippen MR) is 125 cm³/mol. The number of rotatable bonds is 6. The van der Waals surface area contributed by atoms with Gasteiger partial charge in [-0.1, -0.05) is 62.4 Å². The normalized spacial score (nSPS) is 14.8. The highest BCUT2D eigenvalue weighted by Crippen LogP contribution is 2.36. The van der Waals surface area contributed by atoms with Crippen molar-refractivity contribution in [2.45, 2.75) is 30.6 Å². The fourth-order valence-corrected chi connectivity index (χ4v) is 5.11. The van der Waals surface area contributed by atoms with Gasteiger partial charge < -0.3 is 9.71 Å². The van der Waals surface area contributed by atoms with Crippen molar-refractivity contribution in [1.29, 1.82) is 0 Å². The summed E-state index contributed by atoms with van der Waals surface area (Å²) in [7, 11) is -4.22. The molecule has 1 atom stereocenters. The zero-order chi connectivity index (χ0) is 23.6. The molecule has 1 aliphatic rings. The number of allylic oxidation sites excluding steroid dienone is 1. The Balaban J connectivity index is 1.65. The molecule has 0 fully saturated rings. The van der Waals surface area contributed by atoms with Gasteiger partial charge >= 0.3 is 15.8 Å². The lowest BCUT2D eigenvalue weighted by Crippen LogP contribution is -2.22. The molecule has 0 saturated heterocycles. The molecule has 3 aromatic rings. The van der Waals surface area contributed by atoms with E-state index in [9.17, 15) is 13.2 Å². The van der Waals surface area contributed by atoms with E-state index < -0.39 is 15.9 Å². The topological polar surface area (TPSA) is 96.8 Å². The number of hydrogen-bond donors (Lipinski definition) is 0. The highest BCUT2D eigenvalue weighted by molar-refractivity contribution is 7.87. The minimum atomic E-state index is -4.22. The summed E-state index contributed by atoms with van der Waals surface area (Å²) in [6.07, 6.45) is 3.55. The third-order valence-electron chi connectivity index (χ3n) is 6.09. The molecular weight excluding hydrogens is 436 g/mol. The molecule has 0 spiro atoms. The molecule has 3 aromatic carbocycles. The quantitative estimate of drug-likeness (QED) is 0.300. The highest BCUT2D eigenvalue weighted by Gasteiger charge is 2.31. The molecule has 33 heavy (non-hydrogen) atoms. The van der Waals surface area contributed by atoms with Crippen LogP contribution < -0.4 is 4.18 Å². The number of hydrogen-bond acceptors (Lipinski definition) is 4. The molecule has 4 rings (SSSR count). The Bertz CT molecular complexity index is 1400. The van der Waals surface area contributed by atoms with Crippen molar-refractivity contribution in [3.05, 3.63) is 107 Å². The number of fused-ring (bicyclic) bond motifs is 1. The Kier molecular flexibility index (Phi) is 5.85. The first-order valence-electron chi connectivity index (χ1n) is 10.4. The van der Waals surface area contributed by atoms with Gasteiger partial charge in [0.05, 0.1) is 0 Å². The maximum atomic E-state index is 13.0. The van der Waals surface area contributed by atoms with Crippen LogP contribution in [0.4, 0.5) is 0 Å². The molecule has 0 heterocycles. The lowest BCUT2D eigenvalue weighted by molar-refractivity contribution is -0.00436. The number of carbonyl (C=O) groups is 1. The van der Waals surface area contributed by atoms with E-state index in [-0.39, 0.29) is 32.9 Å². The first-order chi connectivity index (χ1) is 15.8. The smallest absolute Gasteiger partial charge is 0.362 e. The third-order valence-corrected chi connectivity index (χ3v) is 7.39. The van der Waals surface area contributed by atoms with Gasteiger partial charge in [-0.15, -0.1) is 0 Å². The SMILES string of the molecule is CCC(C)(c1cc[c]cc1)c1ccc(OS(=O)(=O)c2cccc3c2C=CC(=[N+]=[N-])C3=O)cc1. The Labute approximate surface area is 192 Å². The maximum Gasteiger partial charge on any atom is 0.362 e. The second-order valence-corrected chi connectivity index (χ2v) is 9.42. The van der Waals surface area contributed by atoms with Crippen molar-refractivity contribution in [3.63, 3.8) is 0 Å². The Hall–Kier alpha value is -3.80. The van der Waals surface area contributed by atoms with Gasteiger partial charge in [0.1, 0.15) is 10.6 Å². The van der Waals surface area contributed by atoms with E-state index in [1.807, 2.05) is 36.4 Å². The summed E-state index contributed by atoms with van der Waals surface area (Å²) in [6, 6.07) is 22.1. The summed E-state index contributed by atoms with van der Waals surface area (Å²) in [5.41, 5.74) is 11.0. The molecule has 1 aliphatic carbocycles. The van der Waals surface area contributed by atoms with E-state index in [0.717, 1.165) is 17.5 Å². The number of carbonyl (C=O) groups excluding carboxylic acids is 1. The first-order valence-corrected chi connectivity index (χ1v) is 11.8. The van der Waals surface area contributed by atoms with E-state index in [2.05, 4.69) is 24.7 Å². The minimum Gasteiger partial charge on any atom is -0.379 e. The van der Waals surface area contributed by atoms with Crippen LogP contribution in [0.1, 0.15) is 47.3 Å². The molecular formula is C26H21N2O4S. The fraction of sp³-hybridized carbons (Fsp3) is 0.154. The standard InChI is InChI=1S/C26H21N2O4S/c1-3-26(2,18-8-5-4-6-9-18)19-12-14-20(15-13-19)32-33(30,31)24-11-7-10-22-21(24)16-17-23(28-27)25(22)29/h5-17H,3H2,1-2H3. The van der Waals surface area contributed by atoms with E-state index in [1.165, 1.54) is 30.4 Å². The van der Waals surface area contributed by atoms with Crippen molar-refractivity contribution in [2.75, 3.05) is 0 Å². The van der Waals surface area contributed by atoms with Crippen molar-refractivity contribution >= 4 is 27.7 Å². The molecule has 0 bridgehead atoms. The van der Waals surface area contributed by atoms with Crippen molar-refractivity contribution < 1.29 is 22.2 Å². The van der Waals surface area contributed by atoms with Gasteiger partial charge in [-0.05, 0) is 47.9 Å². The van der Waals surface area contributed by atoms with Gasteiger partial charge in [-0.2, -0.15) is 13.2 Å². The molecule has 165 valence electrons. The Morgan fingerprint density at radius 2 is 1.67 bits per heavy atom. The average molecular weight is 458 g/mol. The van der Waals surface area contributed by atoms with Crippen LogP contribution in [0.3, 0.4) is 0 Å². The molecule has 1 radical (unpaired) electrons. The third kappa shape index (κ3) is 4.04. The number of ketones is 1. The first kappa shape index (κ1) is 22.4. The zero-order valence-electron chi connectivity index (χ0n) is 18.1. The van der Waals surface area contributed by atoms with Gasteiger partial charge in [0.25, 0.3) is 5.78 Å². The largest absolute Gasteiger partial charge is 0.379 e. The van der Waals surface area contributed by atoms with Crippen molar-refractivity contribution in [1.82, 2.24) is 0 Å². The number of Topliss-reactive ketones (excluding diaryl/α,β-unsaturated/α-hetero) is 1.